The molecule has 20 heavy (non-hydrogen) atoms. The lowest BCUT2D eigenvalue weighted by Crippen LogP contribution is -2.32. The molecule has 1 aliphatic carbocycles. The predicted molar refractivity (Wildman–Crippen MR) is 78.9 cm³/mol. The van der Waals surface area contributed by atoms with Crippen LogP contribution in [0.1, 0.15) is 41.6 Å². The van der Waals surface area contributed by atoms with Crippen LogP contribution in [0.3, 0.4) is 0 Å². The van der Waals surface area contributed by atoms with Crippen molar-refractivity contribution in [2.75, 3.05) is 18.4 Å². The molecule has 0 atom stereocenters. The Kier molecular flexibility index (Phi) is 3.92. The van der Waals surface area contributed by atoms with Crippen LogP contribution in [0.4, 0.5) is 5.69 Å². The molecule has 0 saturated heterocycles. The van der Waals surface area contributed by atoms with Crippen LogP contribution in [-0.4, -0.2) is 30.2 Å². The Bertz CT molecular complexity index is 493. The second kappa shape index (κ2) is 5.83. The molecular weight excluding hydrogens is 252 g/mol. The van der Waals surface area contributed by atoms with Gasteiger partial charge in [0.1, 0.15) is 0 Å². The van der Waals surface area contributed by atoms with Crippen LogP contribution in [0.2, 0.25) is 0 Å². The normalized spacial score (nSPS) is 24.9. The molecule has 1 aliphatic heterocycles. The molecule has 2 aliphatic rings. The van der Waals surface area contributed by atoms with Crippen LogP contribution in [-0.2, 0) is 6.42 Å². The molecular formula is C16H22N2O2. The summed E-state index contributed by atoms with van der Waals surface area (Å²) in [5.74, 6) is 0.516. The van der Waals surface area contributed by atoms with Crippen molar-refractivity contribution in [1.29, 1.82) is 0 Å². The van der Waals surface area contributed by atoms with Crippen molar-refractivity contribution >= 4 is 11.6 Å². The summed E-state index contributed by atoms with van der Waals surface area (Å²) in [6, 6.07) is 5.90. The molecule has 0 spiro atoms. The number of benzene rings is 1. The number of aliphatic hydroxyl groups excluding tert-OH is 1. The second-order valence-electron chi connectivity index (χ2n) is 5.93. The first-order valence-corrected chi connectivity index (χ1v) is 7.55. The van der Waals surface area contributed by atoms with Gasteiger partial charge in [-0.2, -0.15) is 0 Å². The van der Waals surface area contributed by atoms with Crippen molar-refractivity contribution < 1.29 is 9.90 Å². The number of aliphatic hydroxyl groups is 1. The van der Waals surface area contributed by atoms with Gasteiger partial charge in [-0.05, 0) is 55.7 Å². The predicted octanol–water partition coefficient (Wildman–Crippen LogP) is 1.94. The molecule has 108 valence electrons. The number of carbonyl (C=O) groups excluding carboxylic acids is 1. The average molecular weight is 274 g/mol. The van der Waals surface area contributed by atoms with E-state index in [4.69, 9.17) is 0 Å². The van der Waals surface area contributed by atoms with Crippen molar-refractivity contribution in [2.45, 2.75) is 38.2 Å². The van der Waals surface area contributed by atoms with Crippen molar-refractivity contribution in [2.24, 2.45) is 5.92 Å². The third-order valence-corrected chi connectivity index (χ3v) is 4.45. The molecule has 3 N–H and O–H groups in total. The first-order chi connectivity index (χ1) is 9.72. The number of amides is 1. The van der Waals surface area contributed by atoms with Crippen LogP contribution in [0.25, 0.3) is 0 Å². The van der Waals surface area contributed by atoms with E-state index in [2.05, 4.69) is 10.6 Å². The van der Waals surface area contributed by atoms with Crippen LogP contribution < -0.4 is 10.6 Å². The monoisotopic (exact) mass is 274 g/mol. The van der Waals surface area contributed by atoms with Crippen LogP contribution in [0.15, 0.2) is 18.2 Å². The van der Waals surface area contributed by atoms with Crippen molar-refractivity contribution in [3.63, 3.8) is 0 Å². The van der Waals surface area contributed by atoms with Gasteiger partial charge in [-0.1, -0.05) is 6.07 Å². The molecule has 0 bridgehead atoms. The topological polar surface area (TPSA) is 61.4 Å². The fraction of sp³-hybridized carbons (Fsp3) is 0.562. The summed E-state index contributed by atoms with van der Waals surface area (Å²) in [6.45, 7) is 1.68. The summed E-state index contributed by atoms with van der Waals surface area (Å²) in [5.41, 5.74) is 3.12. The molecule has 1 fully saturated rings. The summed E-state index contributed by atoms with van der Waals surface area (Å²) in [6.07, 6.45) is 4.65. The highest BCUT2D eigenvalue weighted by Crippen LogP contribution is 2.25. The Morgan fingerprint density at radius 1 is 1.30 bits per heavy atom. The van der Waals surface area contributed by atoms with E-state index < -0.39 is 0 Å². The minimum atomic E-state index is -0.135. The van der Waals surface area contributed by atoms with E-state index in [1.54, 1.807) is 0 Å². The van der Waals surface area contributed by atoms with Crippen molar-refractivity contribution in [3.05, 3.63) is 29.3 Å². The fourth-order valence-electron chi connectivity index (χ4n) is 3.12. The summed E-state index contributed by atoms with van der Waals surface area (Å²) in [5, 5.41) is 15.8. The number of carbonyl (C=O) groups is 1. The van der Waals surface area contributed by atoms with E-state index in [0.29, 0.717) is 5.92 Å². The quantitative estimate of drug-likeness (QED) is 0.789. The maximum absolute atomic E-state index is 12.2. The zero-order valence-corrected chi connectivity index (χ0v) is 11.7. The molecule has 1 heterocycles. The van der Waals surface area contributed by atoms with Gasteiger partial charge in [0.15, 0.2) is 0 Å². The molecule has 1 saturated carbocycles. The summed E-state index contributed by atoms with van der Waals surface area (Å²) < 4.78 is 0. The average Bonchev–Trinajstić information content (AvgIpc) is 2.93. The number of nitrogens with one attached hydrogen (secondary N) is 2. The highest BCUT2D eigenvalue weighted by molar-refractivity contribution is 5.95. The van der Waals surface area contributed by atoms with Gasteiger partial charge in [-0.3, -0.25) is 4.79 Å². The minimum Gasteiger partial charge on any atom is -0.393 e. The SMILES string of the molecule is O=C(NCC1CCC(O)CC1)c1ccc2c(c1)NCC2. The first-order valence-electron chi connectivity index (χ1n) is 7.55. The van der Waals surface area contributed by atoms with Gasteiger partial charge in [0.2, 0.25) is 0 Å². The van der Waals surface area contributed by atoms with Crippen LogP contribution in [0.5, 0.6) is 0 Å². The lowest BCUT2D eigenvalue weighted by atomic mass is 9.87. The van der Waals surface area contributed by atoms with Crippen LogP contribution >= 0.6 is 0 Å². The van der Waals surface area contributed by atoms with Crippen molar-refractivity contribution in [3.8, 4) is 0 Å². The molecule has 4 heteroatoms. The Hall–Kier alpha value is -1.55. The third kappa shape index (κ3) is 2.96. The molecule has 4 nitrogen and oxygen atoms in total. The van der Waals surface area contributed by atoms with Gasteiger partial charge in [0, 0.05) is 24.3 Å². The number of anilines is 1. The highest BCUT2D eigenvalue weighted by atomic mass is 16.3. The number of rotatable bonds is 3. The van der Waals surface area contributed by atoms with Crippen molar-refractivity contribution in [1.82, 2.24) is 5.32 Å². The van der Waals surface area contributed by atoms with E-state index in [0.717, 1.165) is 56.4 Å². The number of hydrogen-bond acceptors (Lipinski definition) is 3. The second-order valence-corrected chi connectivity index (χ2v) is 5.93. The molecule has 1 amide bonds. The van der Waals surface area contributed by atoms with Gasteiger partial charge >= 0.3 is 0 Å². The maximum Gasteiger partial charge on any atom is 0.251 e. The molecule has 1 aromatic rings. The minimum absolute atomic E-state index is 0.00706. The van der Waals surface area contributed by atoms with Gasteiger partial charge < -0.3 is 15.7 Å². The molecule has 1 aromatic carbocycles. The molecule has 0 aromatic heterocycles. The lowest BCUT2D eigenvalue weighted by molar-refractivity contribution is 0.0910. The largest absolute Gasteiger partial charge is 0.393 e. The van der Waals surface area contributed by atoms with Gasteiger partial charge in [0.25, 0.3) is 5.91 Å². The van der Waals surface area contributed by atoms with Crippen LogP contribution in [0, 0.1) is 5.92 Å². The fourth-order valence-corrected chi connectivity index (χ4v) is 3.12. The third-order valence-electron chi connectivity index (χ3n) is 4.45. The lowest BCUT2D eigenvalue weighted by Gasteiger charge is -2.25. The molecule has 3 rings (SSSR count). The van der Waals surface area contributed by atoms with Gasteiger partial charge in [0.05, 0.1) is 6.10 Å². The van der Waals surface area contributed by atoms with E-state index >= 15 is 0 Å². The first kappa shape index (κ1) is 13.4. The summed E-state index contributed by atoms with van der Waals surface area (Å²) >= 11 is 0. The Balaban J connectivity index is 1.54. The molecule has 0 radical (unpaired) electrons. The Morgan fingerprint density at radius 3 is 2.90 bits per heavy atom. The van der Waals surface area contributed by atoms with E-state index in [9.17, 15) is 9.90 Å². The van der Waals surface area contributed by atoms with E-state index in [1.807, 2.05) is 18.2 Å². The highest BCUT2D eigenvalue weighted by Gasteiger charge is 2.20. The summed E-state index contributed by atoms with van der Waals surface area (Å²) in [7, 11) is 0. The molecule has 0 unspecified atom stereocenters. The standard InChI is InChI=1S/C16H22N2O2/c19-14-5-1-11(2-6-14)10-18-16(20)13-4-3-12-7-8-17-15(12)9-13/h3-4,9,11,14,17,19H,1-2,5-8,10H2,(H,18,20). The van der Waals surface area contributed by atoms with E-state index in [1.165, 1.54) is 5.56 Å². The van der Waals surface area contributed by atoms with Gasteiger partial charge in [-0.15, -0.1) is 0 Å². The zero-order valence-electron chi connectivity index (χ0n) is 11.7. The maximum atomic E-state index is 12.2. The van der Waals surface area contributed by atoms with Gasteiger partial charge in [-0.25, -0.2) is 0 Å². The van der Waals surface area contributed by atoms with E-state index in [-0.39, 0.29) is 12.0 Å². The zero-order chi connectivity index (χ0) is 13.9. The number of hydrogen-bond donors (Lipinski definition) is 3. The summed E-state index contributed by atoms with van der Waals surface area (Å²) in [4.78, 5) is 12.2. The Morgan fingerprint density at radius 2 is 2.10 bits per heavy atom. The smallest absolute Gasteiger partial charge is 0.251 e. The Labute approximate surface area is 119 Å². The number of fused-ring (bicyclic) bond motifs is 1.